The first-order valence-electron chi connectivity index (χ1n) is 12.7. The molecule has 5 aromatic rings. The number of halogens is 1. The number of hydrogen-bond donors (Lipinski definition) is 1. The summed E-state index contributed by atoms with van der Waals surface area (Å²) < 4.78 is 53.4. The van der Waals surface area contributed by atoms with Gasteiger partial charge in [0.25, 0.3) is 11.5 Å². The number of pyridine rings is 1. The SMILES string of the molecule is C=Cc1nc(-c2cc(-c3cc4c(C(=O)NC)c(-c5ccc(F)cc5)oc4cc3N(C)S(C)(=O)=O)cn(C)c2=O)oc1C. The number of nitrogens with zero attached hydrogens (tertiary/aromatic N) is 3. The number of benzene rings is 2. The summed E-state index contributed by atoms with van der Waals surface area (Å²) >= 11 is 0. The maximum atomic E-state index is 13.7. The number of nitrogens with one attached hydrogen (secondary N) is 1. The van der Waals surface area contributed by atoms with Gasteiger partial charge in [-0.3, -0.25) is 13.9 Å². The number of anilines is 1. The average Bonchev–Trinajstić information content (AvgIpc) is 3.52. The number of amides is 1. The minimum Gasteiger partial charge on any atom is -0.455 e. The van der Waals surface area contributed by atoms with Crippen molar-refractivity contribution in [3.63, 3.8) is 0 Å². The van der Waals surface area contributed by atoms with Crippen LogP contribution in [0.3, 0.4) is 0 Å². The van der Waals surface area contributed by atoms with E-state index in [1.807, 2.05) is 0 Å². The normalized spacial score (nSPS) is 11.6. The topological polar surface area (TPSA) is 128 Å². The Morgan fingerprint density at radius 2 is 1.81 bits per heavy atom. The van der Waals surface area contributed by atoms with Crippen LogP contribution in [-0.2, 0) is 17.1 Å². The van der Waals surface area contributed by atoms with Crippen LogP contribution in [0.25, 0.3) is 51.0 Å². The lowest BCUT2D eigenvalue weighted by molar-refractivity contribution is 0.0964. The first kappa shape index (κ1) is 28.6. The van der Waals surface area contributed by atoms with Gasteiger partial charge in [0, 0.05) is 55.5 Å². The molecule has 5 rings (SSSR count). The van der Waals surface area contributed by atoms with Crippen molar-refractivity contribution in [2.45, 2.75) is 6.92 Å². The van der Waals surface area contributed by atoms with Crippen molar-refractivity contribution < 1.29 is 26.4 Å². The van der Waals surface area contributed by atoms with E-state index in [1.54, 1.807) is 32.3 Å². The predicted octanol–water partition coefficient (Wildman–Crippen LogP) is 4.97. The van der Waals surface area contributed by atoms with Gasteiger partial charge < -0.3 is 18.7 Å². The molecule has 0 saturated heterocycles. The monoisotopic (exact) mass is 590 g/mol. The number of fused-ring (bicyclic) bond motifs is 1. The Labute approximate surface area is 240 Å². The summed E-state index contributed by atoms with van der Waals surface area (Å²) in [5.41, 5.74) is 2.16. The molecule has 0 saturated carbocycles. The van der Waals surface area contributed by atoms with E-state index >= 15 is 0 Å². The molecular weight excluding hydrogens is 563 g/mol. The lowest BCUT2D eigenvalue weighted by Gasteiger charge is -2.21. The molecule has 3 heterocycles. The lowest BCUT2D eigenvalue weighted by Crippen LogP contribution is -2.25. The van der Waals surface area contributed by atoms with Gasteiger partial charge in [0.1, 0.15) is 34.2 Å². The van der Waals surface area contributed by atoms with Crippen LogP contribution in [-0.4, -0.2) is 44.2 Å². The fourth-order valence-corrected chi connectivity index (χ4v) is 5.19. The maximum Gasteiger partial charge on any atom is 0.263 e. The van der Waals surface area contributed by atoms with Crippen molar-refractivity contribution in [2.24, 2.45) is 7.05 Å². The van der Waals surface area contributed by atoms with Gasteiger partial charge in [-0.1, -0.05) is 6.58 Å². The van der Waals surface area contributed by atoms with Crippen LogP contribution < -0.4 is 15.2 Å². The largest absolute Gasteiger partial charge is 0.455 e. The molecule has 0 aliphatic carbocycles. The van der Waals surface area contributed by atoms with E-state index in [9.17, 15) is 22.4 Å². The second kappa shape index (κ2) is 10.5. The van der Waals surface area contributed by atoms with Crippen molar-refractivity contribution in [3.8, 4) is 33.9 Å². The van der Waals surface area contributed by atoms with Crippen molar-refractivity contribution >= 4 is 38.7 Å². The number of furan rings is 1. The van der Waals surface area contributed by atoms with Crippen molar-refractivity contribution in [1.82, 2.24) is 14.9 Å². The second-order valence-electron chi connectivity index (χ2n) is 9.71. The predicted molar refractivity (Wildman–Crippen MR) is 159 cm³/mol. The number of rotatable bonds is 7. The number of sulfonamides is 1. The van der Waals surface area contributed by atoms with Gasteiger partial charge in [-0.2, -0.15) is 0 Å². The summed E-state index contributed by atoms with van der Waals surface area (Å²) in [4.78, 5) is 30.7. The lowest BCUT2D eigenvalue weighted by atomic mass is 9.98. The van der Waals surface area contributed by atoms with E-state index < -0.39 is 21.7 Å². The summed E-state index contributed by atoms with van der Waals surface area (Å²) in [5, 5.41) is 2.99. The molecule has 0 spiro atoms. The molecule has 2 aromatic carbocycles. The van der Waals surface area contributed by atoms with E-state index in [-0.39, 0.29) is 39.6 Å². The van der Waals surface area contributed by atoms with Crippen molar-refractivity contribution in [2.75, 3.05) is 24.7 Å². The third-order valence-electron chi connectivity index (χ3n) is 6.95. The zero-order valence-corrected chi connectivity index (χ0v) is 24.3. The van der Waals surface area contributed by atoms with Gasteiger partial charge in [-0.15, -0.1) is 0 Å². The first-order chi connectivity index (χ1) is 19.8. The summed E-state index contributed by atoms with van der Waals surface area (Å²) in [5.74, 6) is -0.174. The highest BCUT2D eigenvalue weighted by molar-refractivity contribution is 7.92. The Kier molecular flexibility index (Phi) is 7.11. The average molecular weight is 591 g/mol. The summed E-state index contributed by atoms with van der Waals surface area (Å²) in [7, 11) is 0.650. The van der Waals surface area contributed by atoms with E-state index in [1.165, 1.54) is 55.1 Å². The molecule has 0 fully saturated rings. The highest BCUT2D eigenvalue weighted by Gasteiger charge is 2.27. The molecule has 3 aromatic heterocycles. The van der Waals surface area contributed by atoms with Gasteiger partial charge in [-0.05, 0) is 49.4 Å². The Bertz CT molecular complexity index is 2060. The molecule has 0 atom stereocenters. The minimum atomic E-state index is -3.76. The minimum absolute atomic E-state index is 0.0805. The molecule has 10 nitrogen and oxygen atoms in total. The molecular formula is C30H27FN4O6S. The van der Waals surface area contributed by atoms with Gasteiger partial charge in [0.2, 0.25) is 15.9 Å². The highest BCUT2D eigenvalue weighted by Crippen LogP contribution is 2.41. The molecule has 1 amide bonds. The van der Waals surface area contributed by atoms with Crippen molar-refractivity contribution in [3.05, 3.63) is 88.4 Å². The molecule has 1 N–H and O–H groups in total. The maximum absolute atomic E-state index is 13.7. The number of oxazole rings is 1. The molecule has 0 aliphatic heterocycles. The van der Waals surface area contributed by atoms with Crippen LogP contribution >= 0.6 is 0 Å². The Morgan fingerprint density at radius 1 is 1.12 bits per heavy atom. The van der Waals surface area contributed by atoms with E-state index in [0.29, 0.717) is 33.5 Å². The molecule has 216 valence electrons. The van der Waals surface area contributed by atoms with Gasteiger partial charge in [0.05, 0.1) is 17.5 Å². The third-order valence-corrected chi connectivity index (χ3v) is 8.15. The van der Waals surface area contributed by atoms with Gasteiger partial charge >= 0.3 is 0 Å². The van der Waals surface area contributed by atoms with Gasteiger partial charge in [-0.25, -0.2) is 17.8 Å². The second-order valence-corrected chi connectivity index (χ2v) is 11.7. The van der Waals surface area contributed by atoms with Crippen LogP contribution in [0.5, 0.6) is 0 Å². The zero-order valence-electron chi connectivity index (χ0n) is 23.5. The molecule has 0 aliphatic rings. The Balaban J connectivity index is 1.86. The first-order valence-corrected chi connectivity index (χ1v) is 14.5. The fraction of sp³-hybridized carbons (Fsp3) is 0.167. The Morgan fingerprint density at radius 3 is 2.40 bits per heavy atom. The number of aryl methyl sites for hydroxylation is 2. The summed E-state index contributed by atoms with van der Waals surface area (Å²) in [6, 6.07) is 10.2. The highest BCUT2D eigenvalue weighted by atomic mass is 32.2. The van der Waals surface area contributed by atoms with Crippen LogP contribution in [0.2, 0.25) is 0 Å². The van der Waals surface area contributed by atoms with Crippen LogP contribution in [0.15, 0.2) is 68.9 Å². The van der Waals surface area contributed by atoms with Crippen LogP contribution in [0.1, 0.15) is 21.8 Å². The number of carbonyl (C=O) groups excluding carboxylic acids is 1. The summed E-state index contributed by atoms with van der Waals surface area (Å²) in [6.45, 7) is 5.42. The zero-order chi connectivity index (χ0) is 30.5. The standard InChI is InChI=1S/C30H27FN4O6S/c1-7-23-16(2)40-29(33-23)22-12-18(15-34(4)30(22)37)20-13-21-25(14-24(20)35(5)42(6,38)39)41-27(26(21)28(36)32-3)17-8-10-19(31)11-9-17/h7-15H,1H2,2-6H3,(H,32,36). The smallest absolute Gasteiger partial charge is 0.263 e. The van der Waals surface area contributed by atoms with E-state index in [0.717, 1.165) is 10.6 Å². The fourth-order valence-electron chi connectivity index (χ4n) is 4.68. The molecule has 42 heavy (non-hydrogen) atoms. The molecule has 0 unspecified atom stereocenters. The van der Waals surface area contributed by atoms with Crippen LogP contribution in [0, 0.1) is 12.7 Å². The quantitative estimate of drug-likeness (QED) is 0.284. The summed E-state index contributed by atoms with van der Waals surface area (Å²) in [6.07, 6.45) is 4.13. The Hall–Kier alpha value is -4.97. The molecule has 0 radical (unpaired) electrons. The molecule has 12 heteroatoms. The number of hydrogen-bond acceptors (Lipinski definition) is 7. The van der Waals surface area contributed by atoms with E-state index in [2.05, 4.69) is 16.9 Å². The third kappa shape index (κ3) is 4.90. The van der Waals surface area contributed by atoms with Crippen LogP contribution in [0.4, 0.5) is 10.1 Å². The van der Waals surface area contributed by atoms with E-state index in [4.69, 9.17) is 8.83 Å². The molecule has 0 bridgehead atoms. The number of aromatic nitrogens is 2. The van der Waals surface area contributed by atoms with Crippen molar-refractivity contribution in [1.29, 1.82) is 0 Å². The van der Waals surface area contributed by atoms with Gasteiger partial charge in [0.15, 0.2) is 0 Å². The number of carbonyl (C=O) groups is 1.